The largest absolute Gasteiger partial charge is 0.405 e. The molecule has 23 heavy (non-hydrogen) atoms. The molecule has 0 radical (unpaired) electrons. The third kappa shape index (κ3) is 4.68. The van der Waals surface area contributed by atoms with Crippen LogP contribution in [0.4, 0.5) is 18.9 Å². The SMILES string of the molecule is NCc1cccc(-c2cc(NCC(F)(F)F)cc(C(N)=O)n2)c1. The lowest BCUT2D eigenvalue weighted by Crippen LogP contribution is -2.22. The number of primary amides is 1. The second-order valence-electron chi connectivity index (χ2n) is 4.86. The molecule has 1 amide bonds. The van der Waals surface area contributed by atoms with Crippen molar-refractivity contribution >= 4 is 11.6 Å². The third-order valence-electron chi connectivity index (χ3n) is 3.03. The number of rotatable bonds is 5. The number of amides is 1. The number of benzene rings is 1. The van der Waals surface area contributed by atoms with Gasteiger partial charge < -0.3 is 16.8 Å². The number of nitrogens with two attached hydrogens (primary N) is 2. The maximum atomic E-state index is 12.3. The minimum atomic E-state index is -4.38. The number of nitrogens with one attached hydrogen (secondary N) is 1. The van der Waals surface area contributed by atoms with Gasteiger partial charge in [0.25, 0.3) is 5.91 Å². The van der Waals surface area contributed by atoms with Gasteiger partial charge in [-0.2, -0.15) is 13.2 Å². The van der Waals surface area contributed by atoms with Crippen LogP contribution >= 0.6 is 0 Å². The van der Waals surface area contributed by atoms with E-state index in [1.807, 2.05) is 6.07 Å². The van der Waals surface area contributed by atoms with Crippen LogP contribution in [0.3, 0.4) is 0 Å². The fourth-order valence-electron chi connectivity index (χ4n) is 1.97. The van der Waals surface area contributed by atoms with Crippen LogP contribution < -0.4 is 16.8 Å². The van der Waals surface area contributed by atoms with E-state index in [9.17, 15) is 18.0 Å². The van der Waals surface area contributed by atoms with Gasteiger partial charge in [0.2, 0.25) is 0 Å². The van der Waals surface area contributed by atoms with Gasteiger partial charge >= 0.3 is 6.18 Å². The molecule has 0 atom stereocenters. The van der Waals surface area contributed by atoms with E-state index < -0.39 is 18.6 Å². The molecule has 0 fully saturated rings. The zero-order valence-corrected chi connectivity index (χ0v) is 12.0. The molecule has 0 saturated heterocycles. The van der Waals surface area contributed by atoms with Gasteiger partial charge in [-0.1, -0.05) is 18.2 Å². The molecule has 8 heteroatoms. The molecule has 0 bridgehead atoms. The van der Waals surface area contributed by atoms with Crippen LogP contribution in [0.25, 0.3) is 11.3 Å². The minimum Gasteiger partial charge on any atom is -0.376 e. The summed E-state index contributed by atoms with van der Waals surface area (Å²) in [4.78, 5) is 15.4. The third-order valence-corrected chi connectivity index (χ3v) is 3.03. The number of nitrogens with zero attached hydrogens (tertiary/aromatic N) is 1. The predicted molar refractivity (Wildman–Crippen MR) is 80.6 cm³/mol. The molecule has 0 spiro atoms. The van der Waals surface area contributed by atoms with Crippen molar-refractivity contribution in [3.63, 3.8) is 0 Å². The molecule has 5 N–H and O–H groups in total. The number of pyridine rings is 1. The normalized spacial score (nSPS) is 11.3. The Morgan fingerprint density at radius 1 is 1.22 bits per heavy atom. The Labute approximate surface area is 130 Å². The van der Waals surface area contributed by atoms with Crippen LogP contribution in [-0.4, -0.2) is 23.6 Å². The van der Waals surface area contributed by atoms with Crippen LogP contribution in [0.5, 0.6) is 0 Å². The van der Waals surface area contributed by atoms with Gasteiger partial charge in [0, 0.05) is 17.8 Å². The number of alkyl halides is 3. The molecule has 2 aromatic rings. The number of hydrogen-bond acceptors (Lipinski definition) is 4. The standard InChI is InChI=1S/C15H15F3N4O/c16-15(17,18)8-21-11-5-12(22-13(6-11)14(20)23)10-3-1-2-9(4-10)7-19/h1-6H,7-8,19H2,(H2,20,23)(H,21,22). The lowest BCUT2D eigenvalue weighted by molar-refractivity contribution is -0.115. The van der Waals surface area contributed by atoms with Crippen molar-refractivity contribution in [2.24, 2.45) is 11.5 Å². The van der Waals surface area contributed by atoms with Crippen molar-refractivity contribution in [1.29, 1.82) is 0 Å². The summed E-state index contributed by atoms with van der Waals surface area (Å²) in [6.07, 6.45) is -4.38. The molecule has 1 aromatic heterocycles. The molecule has 5 nitrogen and oxygen atoms in total. The molecule has 0 unspecified atom stereocenters. The summed E-state index contributed by atoms with van der Waals surface area (Å²) in [5.74, 6) is -0.822. The summed E-state index contributed by atoms with van der Waals surface area (Å²) in [7, 11) is 0. The molecule has 1 aromatic carbocycles. The van der Waals surface area contributed by atoms with Crippen molar-refractivity contribution in [2.45, 2.75) is 12.7 Å². The zero-order valence-electron chi connectivity index (χ0n) is 12.0. The summed E-state index contributed by atoms with van der Waals surface area (Å²) in [5.41, 5.74) is 12.6. The Kier molecular flexibility index (Phi) is 4.85. The average molecular weight is 324 g/mol. The molecule has 0 saturated carbocycles. The van der Waals surface area contributed by atoms with Gasteiger partial charge in [0.15, 0.2) is 0 Å². The van der Waals surface area contributed by atoms with Crippen LogP contribution in [0.1, 0.15) is 16.1 Å². The Bertz CT molecular complexity index is 716. The van der Waals surface area contributed by atoms with E-state index in [2.05, 4.69) is 10.3 Å². The monoisotopic (exact) mass is 324 g/mol. The summed E-state index contributed by atoms with van der Waals surface area (Å²) < 4.78 is 37.0. The summed E-state index contributed by atoms with van der Waals surface area (Å²) in [5, 5.41) is 2.22. The van der Waals surface area contributed by atoms with Crippen molar-refractivity contribution in [3.8, 4) is 11.3 Å². The van der Waals surface area contributed by atoms with Crippen molar-refractivity contribution in [3.05, 3.63) is 47.7 Å². The minimum absolute atomic E-state index is 0.110. The van der Waals surface area contributed by atoms with Crippen LogP contribution in [0.2, 0.25) is 0 Å². The highest BCUT2D eigenvalue weighted by Gasteiger charge is 2.26. The first kappa shape index (κ1) is 16.8. The molecule has 1 heterocycles. The van der Waals surface area contributed by atoms with E-state index in [0.717, 1.165) is 5.56 Å². The van der Waals surface area contributed by atoms with E-state index in [0.29, 0.717) is 17.8 Å². The number of anilines is 1. The number of aromatic nitrogens is 1. The Hall–Kier alpha value is -2.61. The quantitative estimate of drug-likeness (QED) is 0.786. The second-order valence-corrected chi connectivity index (χ2v) is 4.86. The van der Waals surface area contributed by atoms with Crippen molar-refractivity contribution < 1.29 is 18.0 Å². The fraction of sp³-hybridized carbons (Fsp3) is 0.200. The van der Waals surface area contributed by atoms with Gasteiger partial charge in [-0.3, -0.25) is 4.79 Å². The highest BCUT2D eigenvalue weighted by atomic mass is 19.4. The number of hydrogen-bond donors (Lipinski definition) is 3. The molecule has 0 aliphatic carbocycles. The second kappa shape index (κ2) is 6.66. The van der Waals surface area contributed by atoms with E-state index >= 15 is 0 Å². The van der Waals surface area contributed by atoms with Gasteiger partial charge in [0.1, 0.15) is 12.2 Å². The average Bonchev–Trinajstić information content (AvgIpc) is 2.52. The smallest absolute Gasteiger partial charge is 0.376 e. The van der Waals surface area contributed by atoms with Crippen molar-refractivity contribution in [2.75, 3.05) is 11.9 Å². The van der Waals surface area contributed by atoms with Gasteiger partial charge in [-0.25, -0.2) is 4.98 Å². The van der Waals surface area contributed by atoms with Gasteiger partial charge in [-0.05, 0) is 23.8 Å². The first-order chi connectivity index (χ1) is 10.8. The Balaban J connectivity index is 2.41. The van der Waals surface area contributed by atoms with Crippen LogP contribution in [-0.2, 0) is 6.54 Å². The van der Waals surface area contributed by atoms with Crippen molar-refractivity contribution in [1.82, 2.24) is 4.98 Å². The van der Waals surface area contributed by atoms with E-state index in [-0.39, 0.29) is 11.4 Å². The van der Waals surface area contributed by atoms with Crippen LogP contribution in [0, 0.1) is 0 Å². The first-order valence-corrected chi connectivity index (χ1v) is 6.70. The topological polar surface area (TPSA) is 94.0 Å². The maximum Gasteiger partial charge on any atom is 0.405 e. The summed E-state index contributed by atoms with van der Waals surface area (Å²) >= 11 is 0. The van der Waals surface area contributed by atoms with Gasteiger partial charge in [0.05, 0.1) is 5.69 Å². The molecule has 0 aliphatic rings. The first-order valence-electron chi connectivity index (χ1n) is 6.70. The molecule has 122 valence electrons. The van der Waals surface area contributed by atoms with Crippen LogP contribution in [0.15, 0.2) is 36.4 Å². The Morgan fingerprint density at radius 2 is 1.96 bits per heavy atom. The fourth-order valence-corrected chi connectivity index (χ4v) is 1.97. The molecular formula is C15H15F3N4O. The molecular weight excluding hydrogens is 309 g/mol. The van der Waals surface area contributed by atoms with Gasteiger partial charge in [-0.15, -0.1) is 0 Å². The van der Waals surface area contributed by atoms with E-state index in [1.54, 1.807) is 18.2 Å². The summed E-state index contributed by atoms with van der Waals surface area (Å²) in [6, 6.07) is 9.64. The maximum absolute atomic E-state index is 12.3. The molecule has 2 rings (SSSR count). The van der Waals surface area contributed by atoms with E-state index in [4.69, 9.17) is 11.5 Å². The highest BCUT2D eigenvalue weighted by molar-refractivity contribution is 5.92. The lowest BCUT2D eigenvalue weighted by Gasteiger charge is -2.12. The zero-order chi connectivity index (χ0) is 17.0. The highest BCUT2D eigenvalue weighted by Crippen LogP contribution is 2.24. The Morgan fingerprint density at radius 3 is 2.57 bits per heavy atom. The molecule has 0 aliphatic heterocycles. The number of carbonyl (C=O) groups excluding carboxylic acids is 1. The van der Waals surface area contributed by atoms with E-state index in [1.165, 1.54) is 12.1 Å². The lowest BCUT2D eigenvalue weighted by atomic mass is 10.1. The summed E-state index contributed by atoms with van der Waals surface area (Å²) in [6.45, 7) is -0.917. The predicted octanol–water partition coefficient (Wildman–Crippen LogP) is 2.28. The number of carbonyl (C=O) groups is 1. The number of halogens is 3.